The van der Waals surface area contributed by atoms with Crippen molar-refractivity contribution in [1.82, 2.24) is 0 Å². The Bertz CT molecular complexity index is 291. The zero-order chi connectivity index (χ0) is 9.84. The fourth-order valence-corrected chi connectivity index (χ4v) is 1.15. The molecule has 3 N–H and O–H groups in total. The van der Waals surface area contributed by atoms with Gasteiger partial charge in [0.25, 0.3) is 0 Å². The minimum Gasteiger partial charge on any atom is -0.496 e. The Hall–Kier alpha value is -1.13. The summed E-state index contributed by atoms with van der Waals surface area (Å²) in [6.45, 7) is -0.308. The molecule has 0 fully saturated rings. The van der Waals surface area contributed by atoms with Crippen LogP contribution in [0.4, 0.5) is 4.39 Å². The van der Waals surface area contributed by atoms with Gasteiger partial charge in [0.1, 0.15) is 11.6 Å². The highest BCUT2D eigenvalue weighted by atomic mass is 19.1. The number of benzene rings is 1. The fourth-order valence-electron chi connectivity index (χ4n) is 1.15. The van der Waals surface area contributed by atoms with Crippen molar-refractivity contribution < 1.29 is 14.2 Å². The lowest BCUT2D eigenvalue weighted by Gasteiger charge is -2.13. The van der Waals surface area contributed by atoms with Crippen molar-refractivity contribution in [3.8, 4) is 5.75 Å². The molecular formula is C9H12FNO2. The second-order valence-electron chi connectivity index (χ2n) is 2.64. The molecule has 0 radical (unpaired) electrons. The summed E-state index contributed by atoms with van der Waals surface area (Å²) >= 11 is 0. The van der Waals surface area contributed by atoms with Gasteiger partial charge in [-0.25, -0.2) is 4.39 Å². The van der Waals surface area contributed by atoms with E-state index in [0.29, 0.717) is 5.75 Å². The van der Waals surface area contributed by atoms with Crippen molar-refractivity contribution >= 4 is 0 Å². The molecule has 72 valence electrons. The zero-order valence-electron chi connectivity index (χ0n) is 7.33. The van der Waals surface area contributed by atoms with Gasteiger partial charge in [0.15, 0.2) is 0 Å². The van der Waals surface area contributed by atoms with Crippen molar-refractivity contribution in [2.24, 2.45) is 5.73 Å². The van der Waals surface area contributed by atoms with Crippen LogP contribution < -0.4 is 10.5 Å². The van der Waals surface area contributed by atoms with E-state index in [4.69, 9.17) is 15.6 Å². The summed E-state index contributed by atoms with van der Waals surface area (Å²) in [6, 6.07) is 3.68. The summed E-state index contributed by atoms with van der Waals surface area (Å²) in [5.74, 6) is -0.0950. The molecule has 4 heteroatoms. The smallest absolute Gasteiger partial charge is 0.131 e. The number of aliphatic hydroxyl groups excluding tert-OH is 1. The van der Waals surface area contributed by atoms with Crippen LogP contribution in [0.3, 0.4) is 0 Å². The summed E-state index contributed by atoms with van der Waals surface area (Å²) in [5.41, 5.74) is 5.72. The Labute approximate surface area is 75.9 Å². The summed E-state index contributed by atoms with van der Waals surface area (Å²) in [5, 5.41) is 8.79. The Morgan fingerprint density at radius 3 is 2.85 bits per heavy atom. The van der Waals surface area contributed by atoms with E-state index in [2.05, 4.69) is 0 Å². The first kappa shape index (κ1) is 9.95. The number of hydrogen-bond donors (Lipinski definition) is 2. The van der Waals surface area contributed by atoms with Gasteiger partial charge in [-0.3, -0.25) is 0 Å². The summed E-state index contributed by atoms with van der Waals surface area (Å²) in [6.07, 6.45) is 0. The largest absolute Gasteiger partial charge is 0.496 e. The molecule has 0 saturated heterocycles. The quantitative estimate of drug-likeness (QED) is 0.733. The minimum absolute atomic E-state index is 0.215. The maximum absolute atomic E-state index is 13.2. The molecule has 1 rings (SSSR count). The van der Waals surface area contributed by atoms with Gasteiger partial charge in [-0.15, -0.1) is 0 Å². The number of ether oxygens (including phenoxy) is 1. The van der Waals surface area contributed by atoms with Gasteiger partial charge in [-0.1, -0.05) is 6.07 Å². The lowest BCUT2D eigenvalue weighted by molar-refractivity contribution is 0.261. The molecular weight excluding hydrogens is 173 g/mol. The van der Waals surface area contributed by atoms with E-state index in [-0.39, 0.29) is 12.2 Å². The summed E-state index contributed by atoms with van der Waals surface area (Å²) in [7, 11) is 1.43. The predicted octanol–water partition coefficient (Wildman–Crippen LogP) is 0.826. The van der Waals surface area contributed by atoms with Crippen LogP contribution in [-0.2, 0) is 0 Å². The highest BCUT2D eigenvalue weighted by molar-refractivity contribution is 5.37. The molecule has 0 aliphatic carbocycles. The Balaban J connectivity index is 3.14. The van der Waals surface area contributed by atoms with Gasteiger partial charge < -0.3 is 15.6 Å². The van der Waals surface area contributed by atoms with Crippen molar-refractivity contribution in [1.29, 1.82) is 0 Å². The zero-order valence-corrected chi connectivity index (χ0v) is 7.33. The number of rotatable bonds is 3. The molecule has 0 saturated carbocycles. The van der Waals surface area contributed by atoms with Gasteiger partial charge in [0, 0.05) is 5.56 Å². The van der Waals surface area contributed by atoms with E-state index in [1.807, 2.05) is 0 Å². The Kier molecular flexibility index (Phi) is 3.22. The van der Waals surface area contributed by atoms with Crippen LogP contribution >= 0.6 is 0 Å². The second-order valence-corrected chi connectivity index (χ2v) is 2.64. The van der Waals surface area contributed by atoms with Gasteiger partial charge in [-0.05, 0) is 12.1 Å². The molecule has 1 aromatic carbocycles. The van der Waals surface area contributed by atoms with E-state index < -0.39 is 11.9 Å². The molecule has 0 spiro atoms. The molecule has 0 aliphatic rings. The molecule has 0 aromatic heterocycles. The molecule has 1 aromatic rings. The van der Waals surface area contributed by atoms with Crippen LogP contribution in [0.2, 0.25) is 0 Å². The van der Waals surface area contributed by atoms with E-state index in [1.165, 1.54) is 19.2 Å². The Morgan fingerprint density at radius 2 is 2.31 bits per heavy atom. The highest BCUT2D eigenvalue weighted by Gasteiger charge is 2.15. The first-order chi connectivity index (χ1) is 6.20. The Morgan fingerprint density at radius 1 is 1.62 bits per heavy atom. The fraction of sp³-hybridized carbons (Fsp3) is 0.333. The number of halogens is 1. The third-order valence-corrected chi connectivity index (χ3v) is 1.80. The van der Waals surface area contributed by atoms with Gasteiger partial charge >= 0.3 is 0 Å². The number of hydrogen-bond acceptors (Lipinski definition) is 3. The van der Waals surface area contributed by atoms with Crippen molar-refractivity contribution in [3.63, 3.8) is 0 Å². The van der Waals surface area contributed by atoms with E-state index in [1.54, 1.807) is 6.07 Å². The van der Waals surface area contributed by atoms with Crippen LogP contribution in [0.25, 0.3) is 0 Å². The molecule has 0 aliphatic heterocycles. The normalized spacial score (nSPS) is 12.6. The van der Waals surface area contributed by atoms with Crippen molar-refractivity contribution in [3.05, 3.63) is 29.6 Å². The molecule has 1 atom stereocenters. The second kappa shape index (κ2) is 4.20. The van der Waals surface area contributed by atoms with E-state index in [9.17, 15) is 4.39 Å². The average Bonchev–Trinajstić information content (AvgIpc) is 2.16. The molecule has 3 nitrogen and oxygen atoms in total. The molecule has 0 heterocycles. The van der Waals surface area contributed by atoms with Crippen molar-refractivity contribution in [2.45, 2.75) is 6.04 Å². The number of methoxy groups -OCH3 is 1. The van der Waals surface area contributed by atoms with Crippen LogP contribution in [-0.4, -0.2) is 18.8 Å². The van der Waals surface area contributed by atoms with Gasteiger partial charge in [0.05, 0.1) is 19.8 Å². The first-order valence-corrected chi connectivity index (χ1v) is 3.89. The minimum atomic E-state index is -0.740. The molecule has 0 unspecified atom stereocenters. The van der Waals surface area contributed by atoms with Crippen LogP contribution in [0, 0.1) is 5.82 Å². The maximum Gasteiger partial charge on any atom is 0.131 e. The first-order valence-electron chi connectivity index (χ1n) is 3.89. The lowest BCUT2D eigenvalue weighted by Crippen LogP contribution is -2.17. The summed E-state index contributed by atoms with van der Waals surface area (Å²) in [4.78, 5) is 0. The molecule has 0 amide bonds. The van der Waals surface area contributed by atoms with Gasteiger partial charge in [-0.2, -0.15) is 0 Å². The van der Waals surface area contributed by atoms with Crippen LogP contribution in [0.5, 0.6) is 5.75 Å². The lowest BCUT2D eigenvalue weighted by atomic mass is 10.1. The average molecular weight is 185 g/mol. The predicted molar refractivity (Wildman–Crippen MR) is 47.0 cm³/mol. The molecule has 13 heavy (non-hydrogen) atoms. The maximum atomic E-state index is 13.2. The molecule has 0 bridgehead atoms. The van der Waals surface area contributed by atoms with Crippen molar-refractivity contribution in [2.75, 3.05) is 13.7 Å². The standard InChI is InChI=1S/C9H12FNO2/c1-13-8-4-2-3-6(10)9(8)7(11)5-12/h2-4,7,12H,5,11H2,1H3/t7-/m0/s1. The highest BCUT2D eigenvalue weighted by Crippen LogP contribution is 2.25. The number of aliphatic hydroxyl groups is 1. The SMILES string of the molecule is COc1cccc(F)c1[C@@H](N)CO. The monoisotopic (exact) mass is 185 g/mol. The van der Waals surface area contributed by atoms with Crippen LogP contribution in [0.1, 0.15) is 11.6 Å². The summed E-state index contributed by atoms with van der Waals surface area (Å²) < 4.78 is 18.1. The number of nitrogens with two attached hydrogens (primary N) is 1. The third-order valence-electron chi connectivity index (χ3n) is 1.80. The van der Waals surface area contributed by atoms with Gasteiger partial charge in [0.2, 0.25) is 0 Å². The van der Waals surface area contributed by atoms with E-state index >= 15 is 0 Å². The third kappa shape index (κ3) is 1.96. The van der Waals surface area contributed by atoms with Crippen LogP contribution in [0.15, 0.2) is 18.2 Å². The van der Waals surface area contributed by atoms with E-state index in [0.717, 1.165) is 0 Å². The topological polar surface area (TPSA) is 55.5 Å².